The summed E-state index contributed by atoms with van der Waals surface area (Å²) in [7, 11) is 5.47. The van der Waals surface area contributed by atoms with Crippen molar-refractivity contribution in [1.29, 1.82) is 15.8 Å². The van der Waals surface area contributed by atoms with Gasteiger partial charge < -0.3 is 34.5 Å². The van der Waals surface area contributed by atoms with Crippen molar-refractivity contribution in [1.82, 2.24) is 15.5 Å². The summed E-state index contributed by atoms with van der Waals surface area (Å²) in [5.41, 5.74) is 8.22. The van der Waals surface area contributed by atoms with Gasteiger partial charge in [-0.2, -0.15) is 15.8 Å². The van der Waals surface area contributed by atoms with Crippen LogP contribution in [0.4, 0.5) is 4.79 Å². The van der Waals surface area contributed by atoms with E-state index in [1.165, 1.54) is 16.0 Å². The van der Waals surface area contributed by atoms with Crippen molar-refractivity contribution < 1.29 is 23.7 Å². The molecule has 2 N–H and O–H groups in total. The van der Waals surface area contributed by atoms with Crippen molar-refractivity contribution >= 4 is 6.09 Å². The first-order valence-corrected chi connectivity index (χ1v) is 17.7. The number of hydrogen-bond donors (Lipinski definition) is 2. The molecule has 52 heavy (non-hydrogen) atoms. The number of ether oxygens (including phenoxy) is 4. The van der Waals surface area contributed by atoms with Gasteiger partial charge in [0.25, 0.3) is 0 Å². The maximum absolute atomic E-state index is 12.1. The molecule has 0 saturated carbocycles. The lowest BCUT2D eigenvalue weighted by Gasteiger charge is -2.31. The molecule has 11 heteroatoms. The van der Waals surface area contributed by atoms with Gasteiger partial charge in [0.15, 0.2) is 0 Å². The molecule has 0 radical (unpaired) electrons. The van der Waals surface area contributed by atoms with E-state index in [0.717, 1.165) is 78.9 Å². The first-order chi connectivity index (χ1) is 25.0. The van der Waals surface area contributed by atoms with Crippen LogP contribution in [0.1, 0.15) is 89.2 Å². The molecule has 3 aromatic carbocycles. The minimum atomic E-state index is -0.533. The number of rotatable bonds is 6. The van der Waals surface area contributed by atoms with Crippen LogP contribution in [0, 0.1) is 34.0 Å². The van der Waals surface area contributed by atoms with Crippen LogP contribution >= 0.6 is 0 Å². The summed E-state index contributed by atoms with van der Waals surface area (Å²) in [6, 6.07) is 24.1. The molecule has 11 nitrogen and oxygen atoms in total. The molecule has 1 amide bonds. The van der Waals surface area contributed by atoms with Gasteiger partial charge in [0.05, 0.1) is 73.5 Å². The molecule has 6 rings (SSSR count). The van der Waals surface area contributed by atoms with Crippen LogP contribution in [0.2, 0.25) is 0 Å². The van der Waals surface area contributed by atoms with E-state index in [1.807, 2.05) is 71.3 Å². The molecule has 274 valence electrons. The van der Waals surface area contributed by atoms with Crippen LogP contribution < -0.4 is 10.6 Å². The second-order valence-electron chi connectivity index (χ2n) is 13.8. The van der Waals surface area contributed by atoms with Gasteiger partial charge in [0.2, 0.25) is 0 Å². The number of carbonyl (C=O) groups is 1. The van der Waals surface area contributed by atoms with E-state index in [9.17, 15) is 10.1 Å². The zero-order chi connectivity index (χ0) is 37.7. The summed E-state index contributed by atoms with van der Waals surface area (Å²) < 4.78 is 22.5. The molecule has 0 aliphatic carbocycles. The number of nitrogens with one attached hydrogen (secondary N) is 2. The van der Waals surface area contributed by atoms with Crippen LogP contribution in [0.25, 0.3) is 0 Å². The Labute approximate surface area is 308 Å². The summed E-state index contributed by atoms with van der Waals surface area (Å²) >= 11 is 0. The molecule has 1 unspecified atom stereocenters. The van der Waals surface area contributed by atoms with Crippen molar-refractivity contribution in [2.24, 2.45) is 0 Å². The fraction of sp³-hybridized carbons (Fsp3) is 0.463. The van der Waals surface area contributed by atoms with Gasteiger partial charge in [0, 0.05) is 36.8 Å². The van der Waals surface area contributed by atoms with E-state index in [2.05, 4.69) is 41.0 Å². The average molecular weight is 707 g/mol. The van der Waals surface area contributed by atoms with E-state index < -0.39 is 11.7 Å². The number of fused-ring (bicyclic) bond motifs is 3. The Morgan fingerprint density at radius 2 is 1.08 bits per heavy atom. The number of nitriles is 3. The highest BCUT2D eigenvalue weighted by molar-refractivity contribution is 5.68. The molecule has 0 saturated heterocycles. The van der Waals surface area contributed by atoms with E-state index in [-0.39, 0.29) is 18.3 Å². The molecule has 0 fully saturated rings. The van der Waals surface area contributed by atoms with Gasteiger partial charge in [0.1, 0.15) is 11.7 Å². The van der Waals surface area contributed by atoms with Crippen molar-refractivity contribution in [3.05, 3.63) is 105 Å². The lowest BCUT2D eigenvalue weighted by Crippen LogP contribution is -2.38. The monoisotopic (exact) mass is 706 g/mol. The van der Waals surface area contributed by atoms with Crippen molar-refractivity contribution in [2.75, 3.05) is 60.6 Å². The highest BCUT2D eigenvalue weighted by Gasteiger charge is 2.29. The van der Waals surface area contributed by atoms with Gasteiger partial charge in [-0.3, -0.25) is 0 Å². The van der Waals surface area contributed by atoms with Crippen LogP contribution in [0.3, 0.4) is 0 Å². The Hall–Kier alpha value is -4.80. The zero-order valence-electron chi connectivity index (χ0n) is 31.1. The fourth-order valence-corrected chi connectivity index (χ4v) is 6.61. The summed E-state index contributed by atoms with van der Waals surface area (Å²) in [5.74, 6) is 0. The first kappa shape index (κ1) is 40.0. The minimum absolute atomic E-state index is 0.0228. The van der Waals surface area contributed by atoms with E-state index >= 15 is 0 Å². The molecule has 0 aromatic heterocycles. The SMILES string of the molecule is CN(CC1OCCc2cccc(C#N)c21)C(=O)OC(C)(C)C.CNC[C@@H]1OCCc2cccc(C#N)c21.CNC[C@H]1OCCc2cccc(C#N)c21. The Morgan fingerprint density at radius 3 is 1.42 bits per heavy atom. The molecular formula is C41H50N6O5. The Morgan fingerprint density at radius 1 is 0.712 bits per heavy atom. The number of hydrogen-bond acceptors (Lipinski definition) is 10. The number of likely N-dealkylation sites (N-methyl/N-ethyl adjacent to an activating group) is 3. The van der Waals surface area contributed by atoms with Crippen LogP contribution in [-0.4, -0.2) is 77.2 Å². The second-order valence-corrected chi connectivity index (χ2v) is 13.8. The molecule has 0 bridgehead atoms. The maximum Gasteiger partial charge on any atom is 0.410 e. The maximum atomic E-state index is 12.1. The quantitative estimate of drug-likeness (QED) is 0.321. The summed E-state index contributed by atoms with van der Waals surface area (Å²) in [6.45, 7) is 9.45. The lowest BCUT2D eigenvalue weighted by molar-refractivity contribution is -0.00175. The predicted molar refractivity (Wildman–Crippen MR) is 197 cm³/mol. The van der Waals surface area contributed by atoms with E-state index in [1.54, 1.807) is 13.1 Å². The van der Waals surface area contributed by atoms with Gasteiger partial charge in [-0.1, -0.05) is 36.4 Å². The van der Waals surface area contributed by atoms with Gasteiger partial charge in [-0.15, -0.1) is 0 Å². The Bertz CT molecular complexity index is 1720. The normalized spacial score (nSPS) is 18.5. The molecule has 3 atom stereocenters. The fourth-order valence-electron chi connectivity index (χ4n) is 6.61. The van der Waals surface area contributed by atoms with Gasteiger partial charge in [-0.05, 0) is 89.0 Å². The van der Waals surface area contributed by atoms with E-state index in [4.69, 9.17) is 29.5 Å². The lowest BCUT2D eigenvalue weighted by atomic mass is 9.93. The predicted octanol–water partition coefficient (Wildman–Crippen LogP) is 5.82. The smallest absolute Gasteiger partial charge is 0.410 e. The molecular weight excluding hydrogens is 656 g/mol. The molecule has 3 aliphatic heterocycles. The summed E-state index contributed by atoms with van der Waals surface area (Å²) in [4.78, 5) is 13.6. The highest BCUT2D eigenvalue weighted by Crippen LogP contribution is 2.32. The number of carbonyl (C=O) groups excluding carboxylic acids is 1. The number of benzene rings is 3. The van der Waals surface area contributed by atoms with Crippen LogP contribution in [0.5, 0.6) is 0 Å². The third-order valence-electron chi connectivity index (χ3n) is 8.91. The Balaban J connectivity index is 0.000000179. The number of amides is 1. The standard InChI is InChI=1S/C17H22N2O3.2C12H14N2O/c1-17(2,3)22-16(20)19(4)11-14-15-12(8-9-21-14)6-5-7-13(15)10-18;2*1-14-8-11-12-9(5-6-15-11)3-2-4-10(12)7-13/h5-7,14H,8-9,11H2,1-4H3;2*2-4,11,14H,5-6,8H2,1H3/t;2*11-/m.10/s1. The molecule has 3 aromatic rings. The van der Waals surface area contributed by atoms with Crippen molar-refractivity contribution in [3.8, 4) is 18.2 Å². The topological polar surface area (TPSA) is 153 Å². The second kappa shape index (κ2) is 19.2. The molecule has 3 aliphatic rings. The van der Waals surface area contributed by atoms with Crippen LogP contribution in [-0.2, 0) is 38.2 Å². The van der Waals surface area contributed by atoms with Crippen LogP contribution in [0.15, 0.2) is 54.6 Å². The Kier molecular flexibility index (Phi) is 14.7. The minimum Gasteiger partial charge on any atom is -0.444 e. The largest absolute Gasteiger partial charge is 0.444 e. The van der Waals surface area contributed by atoms with Crippen molar-refractivity contribution in [2.45, 2.75) is 63.9 Å². The van der Waals surface area contributed by atoms with E-state index in [0.29, 0.717) is 18.7 Å². The third-order valence-corrected chi connectivity index (χ3v) is 8.91. The summed E-state index contributed by atoms with van der Waals surface area (Å²) in [6.07, 6.45) is 1.96. The van der Waals surface area contributed by atoms with Crippen molar-refractivity contribution in [3.63, 3.8) is 0 Å². The van der Waals surface area contributed by atoms with Gasteiger partial charge >= 0.3 is 6.09 Å². The summed E-state index contributed by atoms with van der Waals surface area (Å²) in [5, 5.41) is 33.6. The molecule has 3 heterocycles. The average Bonchev–Trinajstić information content (AvgIpc) is 3.14. The van der Waals surface area contributed by atoms with Gasteiger partial charge in [-0.25, -0.2) is 4.79 Å². The molecule has 0 spiro atoms. The zero-order valence-corrected chi connectivity index (χ0v) is 31.1. The third kappa shape index (κ3) is 10.4. The first-order valence-electron chi connectivity index (χ1n) is 17.7. The number of nitrogens with zero attached hydrogens (tertiary/aromatic N) is 4. The highest BCUT2D eigenvalue weighted by atomic mass is 16.6.